The minimum absolute atomic E-state index is 0.928. The summed E-state index contributed by atoms with van der Waals surface area (Å²) in [5.41, 5.74) is 0. The van der Waals surface area contributed by atoms with Crippen LogP contribution >= 0.6 is 0 Å². The van der Waals surface area contributed by atoms with Gasteiger partial charge in [0.05, 0.1) is 0 Å². The van der Waals surface area contributed by atoms with Gasteiger partial charge in [-0.1, -0.05) is 34.1 Å². The Bertz CT molecular complexity index is 201. The third-order valence-electron chi connectivity index (χ3n) is 4.66. The Hall–Kier alpha value is -0.0800. The molecule has 114 valence electrons. The Morgan fingerprint density at radius 3 is 1.89 bits per heavy atom. The summed E-state index contributed by atoms with van der Waals surface area (Å²) in [5.74, 6) is 3.05. The normalized spacial score (nSPS) is 30.9. The minimum atomic E-state index is 0.928. The van der Waals surface area contributed by atoms with E-state index in [1.165, 1.54) is 51.7 Å². The Morgan fingerprint density at radius 1 is 0.842 bits per heavy atom. The van der Waals surface area contributed by atoms with Crippen LogP contribution in [0.5, 0.6) is 0 Å². The van der Waals surface area contributed by atoms with Crippen molar-refractivity contribution < 1.29 is 4.74 Å². The number of fused-ring (bicyclic) bond motifs is 1. The van der Waals surface area contributed by atoms with Crippen LogP contribution in [0.3, 0.4) is 0 Å². The lowest BCUT2D eigenvalue weighted by molar-refractivity contribution is 0.0546. The summed E-state index contributed by atoms with van der Waals surface area (Å²) < 4.78 is 5.42. The van der Waals surface area contributed by atoms with E-state index in [1.54, 1.807) is 0 Å². The molecule has 2 heteroatoms. The number of hydrogen-bond acceptors (Lipinski definition) is 2. The molecule has 0 amide bonds. The van der Waals surface area contributed by atoms with E-state index >= 15 is 0 Å². The van der Waals surface area contributed by atoms with Gasteiger partial charge in [0.15, 0.2) is 0 Å². The summed E-state index contributed by atoms with van der Waals surface area (Å²) in [5, 5.41) is 0. The van der Waals surface area contributed by atoms with Crippen LogP contribution in [-0.4, -0.2) is 37.7 Å². The van der Waals surface area contributed by atoms with E-state index in [9.17, 15) is 0 Å². The first-order chi connectivity index (χ1) is 9.42. The molecule has 0 aromatic rings. The van der Waals surface area contributed by atoms with E-state index < -0.39 is 0 Å². The zero-order valence-corrected chi connectivity index (χ0v) is 13.7. The van der Waals surface area contributed by atoms with Crippen LogP contribution in [0.4, 0.5) is 0 Å². The average molecular weight is 269 g/mol. The van der Waals surface area contributed by atoms with Gasteiger partial charge < -0.3 is 9.64 Å². The van der Waals surface area contributed by atoms with Crippen LogP contribution in [0.25, 0.3) is 0 Å². The number of likely N-dealkylation sites (tertiary alicyclic amines) is 1. The standard InChI is InChI=1S/C13H23NO.2C2H6/c1-2-12-9-14(10-13(12)3-1)8-11-4-6-15-7-5-11;2*1-2/h11-13H,1-10H2;2*1-2H3. The van der Waals surface area contributed by atoms with E-state index in [0.29, 0.717) is 0 Å². The SMILES string of the molecule is C1CC2CN(CC3CCOCC3)CC2C1.CC.CC. The van der Waals surface area contributed by atoms with Crippen LogP contribution in [-0.2, 0) is 4.74 Å². The molecule has 2 heterocycles. The van der Waals surface area contributed by atoms with Crippen LogP contribution in [0, 0.1) is 17.8 Å². The highest BCUT2D eigenvalue weighted by Gasteiger charge is 2.36. The van der Waals surface area contributed by atoms with Crippen molar-refractivity contribution in [2.75, 3.05) is 32.8 Å². The van der Waals surface area contributed by atoms with E-state index in [1.807, 2.05) is 27.7 Å². The highest BCUT2D eigenvalue weighted by Crippen LogP contribution is 2.38. The number of nitrogens with zero attached hydrogens (tertiary/aromatic N) is 1. The Balaban J connectivity index is 0.000000415. The summed E-state index contributed by atoms with van der Waals surface area (Å²) in [6.07, 6.45) is 7.11. The summed E-state index contributed by atoms with van der Waals surface area (Å²) in [4.78, 5) is 2.74. The molecule has 3 aliphatic rings. The summed E-state index contributed by atoms with van der Waals surface area (Å²) in [6, 6.07) is 0. The molecule has 0 bridgehead atoms. The first kappa shape index (κ1) is 17.0. The van der Waals surface area contributed by atoms with Gasteiger partial charge in [-0.3, -0.25) is 0 Å². The third-order valence-corrected chi connectivity index (χ3v) is 4.66. The van der Waals surface area contributed by atoms with Crippen molar-refractivity contribution in [1.82, 2.24) is 4.90 Å². The average Bonchev–Trinajstić information content (AvgIpc) is 3.05. The summed E-state index contributed by atoms with van der Waals surface area (Å²) >= 11 is 0. The van der Waals surface area contributed by atoms with Gasteiger partial charge in [0.1, 0.15) is 0 Å². The lowest BCUT2D eigenvalue weighted by atomic mass is 10.00. The van der Waals surface area contributed by atoms with Gasteiger partial charge in [0, 0.05) is 32.8 Å². The van der Waals surface area contributed by atoms with Crippen molar-refractivity contribution in [3.8, 4) is 0 Å². The van der Waals surface area contributed by atoms with Crippen molar-refractivity contribution in [3.63, 3.8) is 0 Å². The Morgan fingerprint density at radius 2 is 1.37 bits per heavy atom. The van der Waals surface area contributed by atoms with Crippen molar-refractivity contribution in [1.29, 1.82) is 0 Å². The smallest absolute Gasteiger partial charge is 0.0469 e. The highest BCUT2D eigenvalue weighted by molar-refractivity contribution is 4.89. The van der Waals surface area contributed by atoms with E-state index in [2.05, 4.69) is 4.90 Å². The van der Waals surface area contributed by atoms with Gasteiger partial charge in [-0.15, -0.1) is 0 Å². The van der Waals surface area contributed by atoms with Gasteiger partial charge in [0.25, 0.3) is 0 Å². The van der Waals surface area contributed by atoms with Crippen LogP contribution in [0.1, 0.15) is 59.8 Å². The molecular formula is C17H35NO. The van der Waals surface area contributed by atoms with Crippen LogP contribution in [0.15, 0.2) is 0 Å². The van der Waals surface area contributed by atoms with E-state index in [0.717, 1.165) is 31.0 Å². The van der Waals surface area contributed by atoms with E-state index in [4.69, 9.17) is 4.74 Å². The first-order valence-electron chi connectivity index (χ1n) is 8.72. The van der Waals surface area contributed by atoms with Gasteiger partial charge in [-0.05, 0) is 43.4 Å². The van der Waals surface area contributed by atoms with Gasteiger partial charge in [-0.25, -0.2) is 0 Å². The molecule has 19 heavy (non-hydrogen) atoms. The molecule has 3 rings (SSSR count). The number of hydrogen-bond donors (Lipinski definition) is 0. The topological polar surface area (TPSA) is 12.5 Å². The lowest BCUT2D eigenvalue weighted by Crippen LogP contribution is -2.31. The second-order valence-corrected chi connectivity index (χ2v) is 5.73. The minimum Gasteiger partial charge on any atom is -0.381 e. The zero-order valence-electron chi connectivity index (χ0n) is 13.7. The second kappa shape index (κ2) is 9.77. The molecule has 1 aliphatic carbocycles. The van der Waals surface area contributed by atoms with Crippen molar-refractivity contribution in [3.05, 3.63) is 0 Å². The summed E-state index contributed by atoms with van der Waals surface area (Å²) in [6.45, 7) is 14.2. The molecule has 0 N–H and O–H groups in total. The fourth-order valence-corrected chi connectivity index (χ4v) is 3.78. The maximum atomic E-state index is 5.42. The van der Waals surface area contributed by atoms with Gasteiger partial charge in [0.2, 0.25) is 0 Å². The number of rotatable bonds is 2. The second-order valence-electron chi connectivity index (χ2n) is 5.73. The lowest BCUT2D eigenvalue weighted by Gasteiger charge is -2.27. The molecule has 0 aromatic heterocycles. The molecule has 1 saturated carbocycles. The fraction of sp³-hybridized carbons (Fsp3) is 1.00. The molecule has 0 spiro atoms. The van der Waals surface area contributed by atoms with Gasteiger partial charge >= 0.3 is 0 Å². The largest absolute Gasteiger partial charge is 0.381 e. The maximum absolute atomic E-state index is 5.42. The van der Waals surface area contributed by atoms with E-state index in [-0.39, 0.29) is 0 Å². The monoisotopic (exact) mass is 269 g/mol. The first-order valence-corrected chi connectivity index (χ1v) is 8.72. The summed E-state index contributed by atoms with van der Waals surface area (Å²) in [7, 11) is 0. The molecule has 3 fully saturated rings. The molecule has 0 aromatic carbocycles. The van der Waals surface area contributed by atoms with Crippen LogP contribution < -0.4 is 0 Å². The Kier molecular flexibility index (Phi) is 8.72. The molecule has 2 aliphatic heterocycles. The van der Waals surface area contributed by atoms with Crippen molar-refractivity contribution in [2.45, 2.75) is 59.8 Å². The molecule has 0 radical (unpaired) electrons. The fourth-order valence-electron chi connectivity index (χ4n) is 3.78. The molecule has 2 atom stereocenters. The van der Waals surface area contributed by atoms with Gasteiger partial charge in [-0.2, -0.15) is 0 Å². The van der Waals surface area contributed by atoms with Crippen molar-refractivity contribution in [2.24, 2.45) is 17.8 Å². The molecular weight excluding hydrogens is 234 g/mol. The number of ether oxygens (including phenoxy) is 1. The van der Waals surface area contributed by atoms with Crippen molar-refractivity contribution >= 4 is 0 Å². The predicted octanol–water partition coefficient (Wildman–Crippen LogP) is 4.20. The third kappa shape index (κ3) is 5.07. The van der Waals surface area contributed by atoms with Crippen LogP contribution in [0.2, 0.25) is 0 Å². The molecule has 2 nitrogen and oxygen atoms in total. The highest BCUT2D eigenvalue weighted by atomic mass is 16.5. The Labute approximate surface area is 120 Å². The quantitative estimate of drug-likeness (QED) is 0.745. The maximum Gasteiger partial charge on any atom is 0.0469 e. The zero-order chi connectivity index (χ0) is 14.1. The molecule has 2 unspecified atom stereocenters. The predicted molar refractivity (Wildman–Crippen MR) is 83.5 cm³/mol. The molecule has 2 saturated heterocycles.